The Balaban J connectivity index is 0.000000970. The molecule has 0 aliphatic carbocycles. The molecule has 2 amide bonds. The summed E-state index contributed by atoms with van der Waals surface area (Å²) in [6.45, 7) is 4.49. The quantitative estimate of drug-likeness (QED) is 0.621. The molecule has 9 nitrogen and oxygen atoms in total. The van der Waals surface area contributed by atoms with Crippen LogP contribution in [0, 0.1) is 12.8 Å². The van der Waals surface area contributed by atoms with Gasteiger partial charge in [-0.25, -0.2) is 0 Å². The fraction of sp³-hybridized carbons (Fsp3) is 0.625. The number of rotatable bonds is 5. The summed E-state index contributed by atoms with van der Waals surface area (Å²) in [6.07, 6.45) is 3.74. The van der Waals surface area contributed by atoms with Crippen molar-refractivity contribution >= 4 is 18.3 Å². The maximum Gasteiger partial charge on any atom is 0.290 e. The minimum absolute atomic E-state index is 0.0377. The zero-order chi connectivity index (χ0) is 18.8. The standard InChI is InChI=1S/C15H25N5O2.CH2O2/c1-11-13(8-18-19(11)3)15(22)17-7-12-5-4-6-20(9-12)10-14(21)16-2;2-1-3/h8,12H,4-7,9-10H2,1-3H3,(H,16,21)(H,17,22);1H,(H,2,3). The Morgan fingerprint density at radius 1 is 1.48 bits per heavy atom. The first-order valence-corrected chi connectivity index (χ1v) is 8.20. The molecule has 1 aromatic rings. The van der Waals surface area contributed by atoms with Gasteiger partial charge >= 0.3 is 0 Å². The van der Waals surface area contributed by atoms with Crippen molar-refractivity contribution in [3.63, 3.8) is 0 Å². The number of carbonyl (C=O) groups excluding carboxylic acids is 2. The molecule has 3 N–H and O–H groups in total. The van der Waals surface area contributed by atoms with Crippen molar-refractivity contribution in [1.29, 1.82) is 0 Å². The fourth-order valence-corrected chi connectivity index (χ4v) is 2.80. The monoisotopic (exact) mass is 353 g/mol. The summed E-state index contributed by atoms with van der Waals surface area (Å²) in [5.74, 6) is 0.351. The highest BCUT2D eigenvalue weighted by Crippen LogP contribution is 2.15. The van der Waals surface area contributed by atoms with Crippen LogP contribution in [-0.2, 0) is 16.6 Å². The van der Waals surface area contributed by atoms with Gasteiger partial charge in [0.1, 0.15) is 0 Å². The van der Waals surface area contributed by atoms with E-state index in [1.807, 2.05) is 14.0 Å². The summed E-state index contributed by atoms with van der Waals surface area (Å²) < 4.78 is 1.70. The third-order valence-corrected chi connectivity index (χ3v) is 4.28. The first-order chi connectivity index (χ1) is 11.9. The normalized spacial score (nSPS) is 17.2. The van der Waals surface area contributed by atoms with Crippen molar-refractivity contribution < 1.29 is 19.5 Å². The molecule has 1 unspecified atom stereocenters. The molecule has 9 heteroatoms. The van der Waals surface area contributed by atoms with Crippen LogP contribution < -0.4 is 10.6 Å². The van der Waals surface area contributed by atoms with E-state index in [1.165, 1.54) is 0 Å². The van der Waals surface area contributed by atoms with Crippen LogP contribution in [0.2, 0.25) is 0 Å². The number of carboxylic acid groups (broad SMARTS) is 1. The van der Waals surface area contributed by atoms with Crippen molar-refractivity contribution in [2.45, 2.75) is 19.8 Å². The second-order valence-corrected chi connectivity index (χ2v) is 6.00. The second-order valence-electron chi connectivity index (χ2n) is 6.00. The predicted molar refractivity (Wildman–Crippen MR) is 92.2 cm³/mol. The molecule has 1 aliphatic rings. The van der Waals surface area contributed by atoms with E-state index in [2.05, 4.69) is 20.6 Å². The van der Waals surface area contributed by atoms with Gasteiger partial charge in [-0.2, -0.15) is 5.10 Å². The number of likely N-dealkylation sites (tertiary alicyclic amines) is 1. The Bertz CT molecular complexity index is 587. The zero-order valence-corrected chi connectivity index (χ0v) is 15.0. The first-order valence-electron chi connectivity index (χ1n) is 8.20. The number of aryl methyl sites for hydroxylation is 1. The van der Waals surface area contributed by atoms with Gasteiger partial charge in [0.2, 0.25) is 5.91 Å². The molecule has 140 valence electrons. The molecule has 1 fully saturated rings. The molecule has 2 heterocycles. The van der Waals surface area contributed by atoms with Crippen molar-refractivity contribution in [2.24, 2.45) is 13.0 Å². The van der Waals surface area contributed by atoms with Gasteiger partial charge in [-0.15, -0.1) is 0 Å². The van der Waals surface area contributed by atoms with E-state index in [-0.39, 0.29) is 18.3 Å². The molecular formula is C16H27N5O4. The number of hydrogen-bond acceptors (Lipinski definition) is 5. The largest absolute Gasteiger partial charge is 0.483 e. The van der Waals surface area contributed by atoms with E-state index in [1.54, 1.807) is 17.9 Å². The molecule has 1 aliphatic heterocycles. The third kappa shape index (κ3) is 6.54. The lowest BCUT2D eigenvalue weighted by Gasteiger charge is -2.32. The van der Waals surface area contributed by atoms with E-state index in [4.69, 9.17) is 9.90 Å². The van der Waals surface area contributed by atoms with Gasteiger partial charge in [0.25, 0.3) is 12.4 Å². The van der Waals surface area contributed by atoms with Crippen LogP contribution in [-0.4, -0.2) is 71.3 Å². The van der Waals surface area contributed by atoms with E-state index in [0.29, 0.717) is 24.6 Å². The number of piperidine rings is 1. The molecule has 0 spiro atoms. The smallest absolute Gasteiger partial charge is 0.290 e. The summed E-state index contributed by atoms with van der Waals surface area (Å²) in [5.41, 5.74) is 1.49. The summed E-state index contributed by atoms with van der Waals surface area (Å²) in [4.78, 5) is 34.1. The Hall–Kier alpha value is -2.42. The first kappa shape index (κ1) is 20.6. The van der Waals surface area contributed by atoms with E-state index in [9.17, 15) is 9.59 Å². The van der Waals surface area contributed by atoms with Gasteiger partial charge in [0, 0.05) is 32.9 Å². The van der Waals surface area contributed by atoms with E-state index >= 15 is 0 Å². The van der Waals surface area contributed by atoms with Gasteiger partial charge in [0.15, 0.2) is 0 Å². The highest BCUT2D eigenvalue weighted by atomic mass is 16.3. The number of likely N-dealkylation sites (N-methyl/N-ethyl adjacent to an activating group) is 1. The van der Waals surface area contributed by atoms with Gasteiger partial charge in [0.05, 0.1) is 18.3 Å². The van der Waals surface area contributed by atoms with Crippen molar-refractivity contribution in [3.8, 4) is 0 Å². The van der Waals surface area contributed by atoms with Crippen molar-refractivity contribution in [3.05, 3.63) is 17.5 Å². The van der Waals surface area contributed by atoms with Crippen LogP contribution >= 0.6 is 0 Å². The van der Waals surface area contributed by atoms with Crippen molar-refractivity contribution in [2.75, 3.05) is 33.2 Å². The average molecular weight is 353 g/mol. The number of hydrogen-bond donors (Lipinski definition) is 3. The second kappa shape index (κ2) is 10.4. The van der Waals surface area contributed by atoms with Crippen molar-refractivity contribution in [1.82, 2.24) is 25.3 Å². The topological polar surface area (TPSA) is 117 Å². The molecular weight excluding hydrogens is 326 g/mol. The molecule has 0 bridgehead atoms. The molecule has 2 rings (SSSR count). The van der Waals surface area contributed by atoms with Gasteiger partial charge in [-0.05, 0) is 32.2 Å². The zero-order valence-electron chi connectivity index (χ0n) is 15.0. The molecule has 0 aromatic carbocycles. The molecule has 1 atom stereocenters. The maximum atomic E-state index is 12.2. The summed E-state index contributed by atoms with van der Waals surface area (Å²) in [7, 11) is 3.48. The Labute approximate surface area is 147 Å². The molecule has 1 aromatic heterocycles. The van der Waals surface area contributed by atoms with Crippen LogP contribution in [0.5, 0.6) is 0 Å². The lowest BCUT2D eigenvalue weighted by Crippen LogP contribution is -2.44. The summed E-state index contributed by atoms with van der Waals surface area (Å²) >= 11 is 0. The van der Waals surface area contributed by atoms with Gasteiger partial charge in [-0.1, -0.05) is 0 Å². The number of nitrogens with one attached hydrogen (secondary N) is 2. The molecule has 0 radical (unpaired) electrons. The van der Waals surface area contributed by atoms with Crippen LogP contribution in [0.3, 0.4) is 0 Å². The lowest BCUT2D eigenvalue weighted by molar-refractivity contribution is -0.123. The highest BCUT2D eigenvalue weighted by molar-refractivity contribution is 5.95. The SMILES string of the molecule is CNC(=O)CN1CCCC(CNC(=O)c2cnn(C)c2C)C1.O=CO. The van der Waals surface area contributed by atoms with Gasteiger partial charge in [-0.3, -0.25) is 24.0 Å². The highest BCUT2D eigenvalue weighted by Gasteiger charge is 2.22. The lowest BCUT2D eigenvalue weighted by atomic mass is 9.98. The number of aromatic nitrogens is 2. The Kier molecular flexibility index (Phi) is 8.62. The summed E-state index contributed by atoms with van der Waals surface area (Å²) in [6, 6.07) is 0. The number of carbonyl (C=O) groups is 3. The molecule has 25 heavy (non-hydrogen) atoms. The fourth-order valence-electron chi connectivity index (χ4n) is 2.80. The Morgan fingerprint density at radius 2 is 2.16 bits per heavy atom. The van der Waals surface area contributed by atoms with Gasteiger partial charge < -0.3 is 15.7 Å². The minimum Gasteiger partial charge on any atom is -0.483 e. The van der Waals surface area contributed by atoms with Crippen LogP contribution in [0.25, 0.3) is 0 Å². The van der Waals surface area contributed by atoms with E-state index < -0.39 is 0 Å². The number of nitrogens with zero attached hydrogens (tertiary/aromatic N) is 3. The summed E-state index contributed by atoms with van der Waals surface area (Å²) in [5, 5.41) is 16.6. The van der Waals surface area contributed by atoms with E-state index in [0.717, 1.165) is 31.6 Å². The number of amides is 2. The van der Waals surface area contributed by atoms with Crippen LogP contribution in [0.15, 0.2) is 6.20 Å². The molecule has 1 saturated heterocycles. The average Bonchev–Trinajstić information content (AvgIpc) is 2.93. The Morgan fingerprint density at radius 3 is 2.72 bits per heavy atom. The van der Waals surface area contributed by atoms with Crippen LogP contribution in [0.1, 0.15) is 28.9 Å². The van der Waals surface area contributed by atoms with Crippen LogP contribution in [0.4, 0.5) is 0 Å². The predicted octanol–water partition coefficient (Wildman–Crippen LogP) is -0.383. The molecule has 0 saturated carbocycles. The maximum absolute atomic E-state index is 12.2. The third-order valence-electron chi connectivity index (χ3n) is 4.28. The minimum atomic E-state index is -0.250.